The van der Waals surface area contributed by atoms with E-state index < -0.39 is 5.97 Å². The van der Waals surface area contributed by atoms with Gasteiger partial charge in [-0.3, -0.25) is 4.79 Å². The molecule has 25 heavy (non-hydrogen) atoms. The van der Waals surface area contributed by atoms with Crippen molar-refractivity contribution in [2.75, 3.05) is 11.9 Å². The van der Waals surface area contributed by atoms with E-state index in [1.54, 1.807) is 13.8 Å². The Balaban J connectivity index is 2.06. The zero-order chi connectivity index (χ0) is 18.4. The monoisotopic (exact) mass is 380 g/mol. The lowest BCUT2D eigenvalue weighted by Crippen LogP contribution is -2.24. The first kappa shape index (κ1) is 19.3. The lowest BCUT2D eigenvalue weighted by Gasteiger charge is -2.12. The van der Waals surface area contributed by atoms with Crippen molar-refractivity contribution in [1.82, 2.24) is 15.0 Å². The minimum Gasteiger partial charge on any atom is -0.462 e. The van der Waals surface area contributed by atoms with Crippen LogP contribution in [0, 0.1) is 13.8 Å². The maximum absolute atomic E-state index is 12.5. The Labute approximate surface area is 154 Å². The van der Waals surface area contributed by atoms with Gasteiger partial charge in [-0.15, -0.1) is 0 Å². The third kappa shape index (κ3) is 5.23. The normalized spacial score (nSPS) is 11.8. The van der Waals surface area contributed by atoms with Crippen LogP contribution in [0.1, 0.15) is 41.3 Å². The zero-order valence-electron chi connectivity index (χ0n) is 14.5. The third-order valence-electron chi connectivity index (χ3n) is 3.19. The third-order valence-corrected chi connectivity index (χ3v) is 5.54. The Morgan fingerprint density at radius 2 is 2.08 bits per heavy atom. The molecule has 1 N–H and O–H groups in total. The molecule has 0 saturated carbocycles. The Morgan fingerprint density at radius 3 is 2.72 bits per heavy atom. The quantitative estimate of drug-likeness (QED) is 0.448. The molecule has 1 unspecified atom stereocenters. The van der Waals surface area contributed by atoms with Crippen molar-refractivity contribution in [3.05, 3.63) is 28.7 Å². The summed E-state index contributed by atoms with van der Waals surface area (Å²) in [5.74, 6) is -0.594. The van der Waals surface area contributed by atoms with Crippen molar-refractivity contribution < 1.29 is 14.3 Å². The molecule has 0 aliphatic carbocycles. The van der Waals surface area contributed by atoms with Crippen LogP contribution in [0.5, 0.6) is 0 Å². The number of thioether (sulfide) groups is 1. The van der Waals surface area contributed by atoms with Gasteiger partial charge in [0.25, 0.3) is 0 Å². The summed E-state index contributed by atoms with van der Waals surface area (Å²) < 4.78 is 4.99. The number of thiazole rings is 1. The molecule has 0 aliphatic rings. The summed E-state index contributed by atoms with van der Waals surface area (Å²) in [6, 6.07) is 1.84. The summed E-state index contributed by atoms with van der Waals surface area (Å²) in [7, 11) is 0. The molecule has 2 aromatic rings. The number of esters is 1. The molecule has 1 atom stereocenters. The van der Waals surface area contributed by atoms with Crippen LogP contribution >= 0.6 is 23.1 Å². The highest BCUT2D eigenvalue weighted by Gasteiger charge is 2.22. The van der Waals surface area contributed by atoms with E-state index in [9.17, 15) is 9.59 Å². The van der Waals surface area contributed by atoms with E-state index in [1.807, 2.05) is 19.9 Å². The minimum absolute atomic E-state index is 0.173. The topological polar surface area (TPSA) is 94.1 Å². The van der Waals surface area contributed by atoms with Crippen molar-refractivity contribution >= 4 is 40.1 Å². The molecule has 0 spiro atoms. The average molecular weight is 380 g/mol. The number of aromatic nitrogens is 3. The number of ether oxygens (including phenoxy) is 1. The van der Waals surface area contributed by atoms with Gasteiger partial charge < -0.3 is 10.1 Å². The molecule has 2 heterocycles. The highest BCUT2D eigenvalue weighted by Crippen LogP contribution is 2.27. The largest absolute Gasteiger partial charge is 0.462 e. The summed E-state index contributed by atoms with van der Waals surface area (Å²) >= 11 is 2.50. The number of carbonyl (C=O) groups excluding carboxylic acids is 2. The predicted molar refractivity (Wildman–Crippen MR) is 98.1 cm³/mol. The Hall–Kier alpha value is -2.00. The van der Waals surface area contributed by atoms with Gasteiger partial charge in [-0.2, -0.15) is 0 Å². The molecule has 9 heteroatoms. The first-order chi connectivity index (χ1) is 11.9. The van der Waals surface area contributed by atoms with E-state index in [4.69, 9.17) is 4.74 Å². The summed E-state index contributed by atoms with van der Waals surface area (Å²) in [5.41, 5.74) is 1.40. The number of rotatable bonds is 7. The highest BCUT2D eigenvalue weighted by atomic mass is 32.2. The van der Waals surface area contributed by atoms with Crippen molar-refractivity contribution in [2.45, 2.75) is 44.4 Å². The van der Waals surface area contributed by atoms with Gasteiger partial charge in [-0.1, -0.05) is 30.0 Å². The highest BCUT2D eigenvalue weighted by molar-refractivity contribution is 8.00. The van der Waals surface area contributed by atoms with E-state index in [0.717, 1.165) is 22.1 Å². The predicted octanol–water partition coefficient (Wildman–Crippen LogP) is 3.24. The maximum atomic E-state index is 12.5. The fraction of sp³-hybridized carbons (Fsp3) is 0.438. The van der Waals surface area contributed by atoms with Crippen molar-refractivity contribution in [3.8, 4) is 0 Å². The van der Waals surface area contributed by atoms with Gasteiger partial charge in [0, 0.05) is 5.69 Å². The molecular weight excluding hydrogens is 360 g/mol. The van der Waals surface area contributed by atoms with E-state index in [1.165, 1.54) is 18.1 Å². The van der Waals surface area contributed by atoms with Crippen molar-refractivity contribution in [2.24, 2.45) is 0 Å². The molecule has 0 aliphatic heterocycles. The van der Waals surface area contributed by atoms with E-state index in [2.05, 4.69) is 20.3 Å². The van der Waals surface area contributed by atoms with E-state index in [0.29, 0.717) is 28.7 Å². The van der Waals surface area contributed by atoms with Gasteiger partial charge in [0.1, 0.15) is 16.2 Å². The molecule has 0 fully saturated rings. The zero-order valence-corrected chi connectivity index (χ0v) is 16.2. The van der Waals surface area contributed by atoms with Crippen molar-refractivity contribution in [1.29, 1.82) is 0 Å². The molecule has 1 amide bonds. The Kier molecular flexibility index (Phi) is 6.89. The van der Waals surface area contributed by atoms with Crippen LogP contribution in [0.25, 0.3) is 0 Å². The fourth-order valence-electron chi connectivity index (χ4n) is 1.98. The molecule has 0 aromatic carbocycles. The van der Waals surface area contributed by atoms with Crippen molar-refractivity contribution in [3.63, 3.8) is 0 Å². The molecule has 0 bridgehead atoms. The van der Waals surface area contributed by atoms with Crippen LogP contribution in [0.4, 0.5) is 5.13 Å². The van der Waals surface area contributed by atoms with Gasteiger partial charge in [0.05, 0.1) is 17.6 Å². The maximum Gasteiger partial charge on any atom is 0.350 e. The van der Waals surface area contributed by atoms with E-state index >= 15 is 0 Å². The Bertz CT molecular complexity index is 764. The smallest absolute Gasteiger partial charge is 0.350 e. The number of carbonyl (C=O) groups is 2. The van der Waals surface area contributed by atoms with Crippen LogP contribution in [0.15, 0.2) is 17.4 Å². The Morgan fingerprint density at radius 1 is 1.32 bits per heavy atom. The average Bonchev–Trinajstić information content (AvgIpc) is 2.93. The fourth-order valence-corrected chi connectivity index (χ4v) is 3.82. The molecule has 0 saturated heterocycles. The first-order valence-electron chi connectivity index (χ1n) is 7.85. The summed E-state index contributed by atoms with van der Waals surface area (Å²) in [6.45, 7) is 7.57. The molecule has 2 rings (SSSR count). The van der Waals surface area contributed by atoms with Crippen LogP contribution in [0.2, 0.25) is 0 Å². The van der Waals surface area contributed by atoms with Crippen LogP contribution in [-0.2, 0) is 9.53 Å². The number of nitrogens with one attached hydrogen (secondary N) is 1. The summed E-state index contributed by atoms with van der Waals surface area (Å²) in [4.78, 5) is 37.2. The molecule has 0 radical (unpaired) electrons. The van der Waals surface area contributed by atoms with Crippen LogP contribution in [-0.4, -0.2) is 38.7 Å². The van der Waals surface area contributed by atoms with Crippen LogP contribution < -0.4 is 5.32 Å². The number of hydrogen-bond acceptors (Lipinski definition) is 8. The second kappa shape index (κ2) is 8.91. The minimum atomic E-state index is -0.420. The standard InChI is InChI=1S/C16H20N4O3S2/c1-5-11(24-12-7-9(3)17-8-18-12)14(21)20-16-19-10(4)13(25-16)15(22)23-6-2/h7-8,11H,5-6H2,1-4H3,(H,19,20,21). The number of hydrogen-bond donors (Lipinski definition) is 1. The summed E-state index contributed by atoms with van der Waals surface area (Å²) in [5, 5.41) is 3.61. The van der Waals surface area contributed by atoms with Gasteiger partial charge in [-0.05, 0) is 33.3 Å². The first-order valence-corrected chi connectivity index (χ1v) is 9.54. The number of amides is 1. The summed E-state index contributed by atoms with van der Waals surface area (Å²) in [6.07, 6.45) is 2.12. The van der Waals surface area contributed by atoms with Gasteiger partial charge in [0.2, 0.25) is 5.91 Å². The number of anilines is 1. The van der Waals surface area contributed by atoms with Gasteiger partial charge in [-0.25, -0.2) is 19.7 Å². The van der Waals surface area contributed by atoms with E-state index in [-0.39, 0.29) is 11.2 Å². The van der Waals surface area contributed by atoms with Crippen LogP contribution in [0.3, 0.4) is 0 Å². The second-order valence-corrected chi connectivity index (χ2v) is 7.38. The molecule has 134 valence electrons. The second-order valence-electron chi connectivity index (χ2n) is 5.16. The SMILES string of the molecule is CCOC(=O)c1sc(NC(=O)C(CC)Sc2cc(C)ncn2)nc1C. The van der Waals surface area contributed by atoms with Gasteiger partial charge >= 0.3 is 5.97 Å². The molecule has 7 nitrogen and oxygen atoms in total. The number of aryl methyl sites for hydroxylation is 2. The lowest BCUT2D eigenvalue weighted by atomic mass is 10.3. The number of nitrogens with zero attached hydrogens (tertiary/aromatic N) is 3. The molecule has 2 aromatic heterocycles. The van der Waals surface area contributed by atoms with Gasteiger partial charge in [0.15, 0.2) is 5.13 Å². The molecular formula is C16H20N4O3S2. The lowest BCUT2D eigenvalue weighted by molar-refractivity contribution is -0.115.